The molecule has 2 rings (SSSR count). The van der Waals surface area contributed by atoms with Crippen LogP contribution >= 0.6 is 0 Å². The molecule has 0 spiro atoms. The molecule has 6 heteroatoms. The maximum Gasteiger partial charge on any atom is 0.308 e. The van der Waals surface area contributed by atoms with Crippen LogP contribution in [0, 0.1) is 5.92 Å². The van der Waals surface area contributed by atoms with E-state index in [1.165, 1.54) is 7.11 Å². The molecule has 0 aromatic heterocycles. The fraction of sp³-hybridized carbons (Fsp3) is 0.529. The van der Waals surface area contributed by atoms with Gasteiger partial charge in [-0.2, -0.15) is 0 Å². The average molecular weight is 320 g/mol. The van der Waals surface area contributed by atoms with E-state index in [1.54, 1.807) is 7.11 Å². The minimum absolute atomic E-state index is 0.0209. The summed E-state index contributed by atoms with van der Waals surface area (Å²) in [4.78, 5) is 25.6. The number of esters is 1. The fourth-order valence-corrected chi connectivity index (χ4v) is 2.80. The second-order valence-electron chi connectivity index (χ2n) is 5.66. The van der Waals surface area contributed by atoms with Gasteiger partial charge in [-0.05, 0) is 32.0 Å². The molecule has 1 saturated heterocycles. The average Bonchev–Trinajstić information content (AvgIpc) is 2.60. The van der Waals surface area contributed by atoms with Gasteiger partial charge in [0.05, 0.1) is 26.7 Å². The number of para-hydroxylation sites is 1. The van der Waals surface area contributed by atoms with Crippen LogP contribution in [-0.4, -0.2) is 50.6 Å². The van der Waals surface area contributed by atoms with Crippen LogP contribution in [0.4, 0.5) is 0 Å². The highest BCUT2D eigenvalue weighted by Gasteiger charge is 2.26. The van der Waals surface area contributed by atoms with E-state index >= 15 is 0 Å². The lowest BCUT2D eigenvalue weighted by Gasteiger charge is -2.29. The van der Waals surface area contributed by atoms with Crippen molar-refractivity contribution in [1.29, 1.82) is 0 Å². The number of carbonyl (C=O) groups excluding carboxylic acids is 2. The van der Waals surface area contributed by atoms with Crippen LogP contribution in [0.3, 0.4) is 0 Å². The Morgan fingerprint density at radius 2 is 1.91 bits per heavy atom. The van der Waals surface area contributed by atoms with Gasteiger partial charge in [-0.25, -0.2) is 0 Å². The quantitative estimate of drug-likeness (QED) is 0.798. The lowest BCUT2D eigenvalue weighted by molar-refractivity contribution is -0.147. The molecule has 0 radical (unpaired) electrons. The van der Waals surface area contributed by atoms with Gasteiger partial charge < -0.3 is 14.8 Å². The number of ether oxygens (including phenoxy) is 2. The Labute approximate surface area is 136 Å². The molecular weight excluding hydrogens is 296 g/mol. The van der Waals surface area contributed by atoms with E-state index in [1.807, 2.05) is 24.3 Å². The minimum Gasteiger partial charge on any atom is -0.496 e. The first kappa shape index (κ1) is 17.3. The van der Waals surface area contributed by atoms with Gasteiger partial charge in [-0.15, -0.1) is 0 Å². The predicted molar refractivity (Wildman–Crippen MR) is 86.0 cm³/mol. The number of nitrogens with one attached hydrogen (secondary N) is 1. The molecule has 1 N–H and O–H groups in total. The molecular formula is C17H24N2O4. The maximum absolute atomic E-state index is 12.1. The van der Waals surface area contributed by atoms with Crippen molar-refractivity contribution in [3.05, 3.63) is 29.8 Å². The Balaban J connectivity index is 1.74. The predicted octanol–water partition coefficient (Wildman–Crippen LogP) is 1.20. The van der Waals surface area contributed by atoms with Crippen molar-refractivity contribution in [3.63, 3.8) is 0 Å². The summed E-state index contributed by atoms with van der Waals surface area (Å²) in [6, 6.07) is 7.62. The summed E-state index contributed by atoms with van der Waals surface area (Å²) >= 11 is 0. The molecule has 0 bridgehead atoms. The van der Waals surface area contributed by atoms with Crippen LogP contribution in [0.15, 0.2) is 24.3 Å². The van der Waals surface area contributed by atoms with Gasteiger partial charge in [0.15, 0.2) is 0 Å². The number of likely N-dealkylation sites (tertiary alicyclic amines) is 1. The molecule has 1 aliphatic heterocycles. The van der Waals surface area contributed by atoms with Crippen LogP contribution in [0.2, 0.25) is 0 Å². The molecule has 1 fully saturated rings. The van der Waals surface area contributed by atoms with Gasteiger partial charge in [0.25, 0.3) is 0 Å². The Morgan fingerprint density at radius 1 is 1.22 bits per heavy atom. The lowest BCUT2D eigenvalue weighted by Crippen LogP contribution is -2.42. The fourth-order valence-electron chi connectivity index (χ4n) is 2.80. The summed E-state index contributed by atoms with van der Waals surface area (Å²) < 4.78 is 10.0. The Bertz CT molecular complexity index is 539. The standard InChI is InChI=1S/C17H24N2O4/c1-22-15-6-4-3-5-14(15)11-18-16(20)12-19-9-7-13(8-10-19)17(21)23-2/h3-6,13H,7-12H2,1-2H3,(H,18,20). The molecule has 6 nitrogen and oxygen atoms in total. The van der Waals surface area contributed by atoms with E-state index in [9.17, 15) is 9.59 Å². The third kappa shape index (κ3) is 4.96. The van der Waals surface area contributed by atoms with Gasteiger partial charge in [0.1, 0.15) is 5.75 Å². The molecule has 1 amide bonds. The highest BCUT2D eigenvalue weighted by Crippen LogP contribution is 2.18. The van der Waals surface area contributed by atoms with Crippen molar-refractivity contribution in [2.75, 3.05) is 33.9 Å². The number of hydrogen-bond donors (Lipinski definition) is 1. The molecule has 1 heterocycles. The first-order chi connectivity index (χ1) is 11.1. The van der Waals surface area contributed by atoms with Crippen molar-refractivity contribution in [1.82, 2.24) is 10.2 Å². The number of rotatable bonds is 6. The first-order valence-electron chi connectivity index (χ1n) is 7.82. The van der Waals surface area contributed by atoms with Crippen LogP contribution < -0.4 is 10.1 Å². The van der Waals surface area contributed by atoms with Crippen LogP contribution in [-0.2, 0) is 20.9 Å². The smallest absolute Gasteiger partial charge is 0.308 e. The number of carbonyl (C=O) groups is 2. The van der Waals surface area contributed by atoms with E-state index in [0.717, 1.165) is 37.2 Å². The summed E-state index contributed by atoms with van der Waals surface area (Å²) in [5.41, 5.74) is 0.952. The molecule has 1 aromatic carbocycles. The molecule has 126 valence electrons. The van der Waals surface area contributed by atoms with Crippen LogP contribution in [0.1, 0.15) is 18.4 Å². The topological polar surface area (TPSA) is 67.9 Å². The second-order valence-corrected chi connectivity index (χ2v) is 5.66. The highest BCUT2D eigenvalue weighted by molar-refractivity contribution is 5.78. The minimum atomic E-state index is -0.148. The molecule has 0 unspecified atom stereocenters. The van der Waals surface area contributed by atoms with E-state index in [4.69, 9.17) is 9.47 Å². The van der Waals surface area contributed by atoms with E-state index in [2.05, 4.69) is 10.2 Å². The van der Waals surface area contributed by atoms with Crippen molar-refractivity contribution in [3.8, 4) is 5.75 Å². The summed E-state index contributed by atoms with van der Waals surface area (Å²) in [7, 11) is 3.03. The number of hydrogen-bond acceptors (Lipinski definition) is 5. The molecule has 1 aromatic rings. The van der Waals surface area contributed by atoms with Crippen molar-refractivity contribution in [2.45, 2.75) is 19.4 Å². The summed E-state index contributed by atoms with van der Waals surface area (Å²) in [5, 5.41) is 2.91. The van der Waals surface area contributed by atoms with Crippen molar-refractivity contribution < 1.29 is 19.1 Å². The van der Waals surface area contributed by atoms with Crippen molar-refractivity contribution in [2.24, 2.45) is 5.92 Å². The van der Waals surface area contributed by atoms with Crippen LogP contribution in [0.25, 0.3) is 0 Å². The maximum atomic E-state index is 12.1. The Kier molecular flexibility index (Phi) is 6.40. The number of benzene rings is 1. The third-order valence-corrected chi connectivity index (χ3v) is 4.16. The summed E-state index contributed by atoms with van der Waals surface area (Å²) in [6.45, 7) is 2.27. The normalized spacial score (nSPS) is 15.9. The molecule has 1 aliphatic rings. The zero-order chi connectivity index (χ0) is 16.7. The zero-order valence-electron chi connectivity index (χ0n) is 13.7. The lowest BCUT2D eigenvalue weighted by atomic mass is 9.97. The first-order valence-corrected chi connectivity index (χ1v) is 7.82. The number of methoxy groups -OCH3 is 2. The second kappa shape index (κ2) is 8.53. The van der Waals surface area contributed by atoms with Crippen molar-refractivity contribution >= 4 is 11.9 Å². The Hall–Kier alpha value is -2.08. The van der Waals surface area contributed by atoms with Gasteiger partial charge in [0, 0.05) is 12.1 Å². The van der Waals surface area contributed by atoms with E-state index < -0.39 is 0 Å². The molecule has 23 heavy (non-hydrogen) atoms. The SMILES string of the molecule is COC(=O)C1CCN(CC(=O)NCc2ccccc2OC)CC1. The number of nitrogens with zero attached hydrogens (tertiary/aromatic N) is 1. The van der Waals surface area contributed by atoms with Gasteiger partial charge >= 0.3 is 5.97 Å². The zero-order valence-corrected chi connectivity index (χ0v) is 13.7. The molecule has 0 aliphatic carbocycles. The van der Waals surface area contributed by atoms with E-state index in [0.29, 0.717) is 13.1 Å². The van der Waals surface area contributed by atoms with E-state index in [-0.39, 0.29) is 17.8 Å². The monoisotopic (exact) mass is 320 g/mol. The summed E-state index contributed by atoms with van der Waals surface area (Å²) in [6.07, 6.45) is 1.49. The Morgan fingerprint density at radius 3 is 2.57 bits per heavy atom. The van der Waals surface area contributed by atoms with Gasteiger partial charge in [0.2, 0.25) is 5.91 Å². The number of piperidine rings is 1. The van der Waals surface area contributed by atoms with Gasteiger partial charge in [-0.1, -0.05) is 18.2 Å². The van der Waals surface area contributed by atoms with Crippen LogP contribution in [0.5, 0.6) is 5.75 Å². The van der Waals surface area contributed by atoms with Gasteiger partial charge in [-0.3, -0.25) is 14.5 Å². The summed E-state index contributed by atoms with van der Waals surface area (Å²) in [5.74, 6) is 0.567. The number of amides is 1. The highest BCUT2D eigenvalue weighted by atomic mass is 16.5. The molecule has 0 saturated carbocycles. The largest absolute Gasteiger partial charge is 0.496 e. The molecule has 0 atom stereocenters. The third-order valence-electron chi connectivity index (χ3n) is 4.16.